The fourth-order valence-electron chi connectivity index (χ4n) is 2.00. The van der Waals surface area contributed by atoms with Gasteiger partial charge in [-0.2, -0.15) is 0 Å². The molecule has 0 heterocycles. The van der Waals surface area contributed by atoms with E-state index in [1.807, 2.05) is 56.3 Å². The number of hydrogen-bond acceptors (Lipinski definition) is 4. The lowest BCUT2D eigenvalue weighted by atomic mass is 10.2. The average Bonchev–Trinajstić information content (AvgIpc) is 2.52. The second kappa shape index (κ2) is 8.17. The maximum Gasteiger partial charge on any atom is 0.124 e. The van der Waals surface area contributed by atoms with Crippen molar-refractivity contribution in [1.29, 1.82) is 0 Å². The summed E-state index contributed by atoms with van der Waals surface area (Å²) in [5, 5.41) is 0. The number of hydrogen-bond donors (Lipinski definition) is 1. The maximum absolute atomic E-state index is 5.75. The molecule has 0 saturated heterocycles. The monoisotopic (exact) mass is 301 g/mol. The molecular formula is C18H23NO3. The van der Waals surface area contributed by atoms with Gasteiger partial charge in [-0.1, -0.05) is 6.07 Å². The molecule has 0 aliphatic heterocycles. The van der Waals surface area contributed by atoms with Crippen LogP contribution in [0.25, 0.3) is 0 Å². The molecule has 0 bridgehead atoms. The smallest absolute Gasteiger partial charge is 0.124 e. The van der Waals surface area contributed by atoms with Crippen molar-refractivity contribution < 1.29 is 14.2 Å². The predicted molar refractivity (Wildman–Crippen MR) is 88.8 cm³/mol. The molecular weight excluding hydrogens is 278 g/mol. The Morgan fingerprint density at radius 1 is 0.864 bits per heavy atom. The standard InChI is InChI=1S/C18H23NO3/c1-3-20-16-7-9-17(10-8-16)21-11-4-12-22-18-13-15(19)6-5-14(18)2/h5-10,13H,3-4,11-12,19H2,1-2H3. The molecule has 0 saturated carbocycles. The van der Waals surface area contributed by atoms with E-state index >= 15 is 0 Å². The zero-order valence-electron chi connectivity index (χ0n) is 13.2. The number of aryl methyl sites for hydroxylation is 1. The van der Waals surface area contributed by atoms with E-state index in [0.717, 1.165) is 29.2 Å². The van der Waals surface area contributed by atoms with Gasteiger partial charge in [0.25, 0.3) is 0 Å². The largest absolute Gasteiger partial charge is 0.494 e. The van der Waals surface area contributed by atoms with E-state index in [-0.39, 0.29) is 0 Å². The first kappa shape index (κ1) is 16.0. The van der Waals surface area contributed by atoms with Gasteiger partial charge in [-0.15, -0.1) is 0 Å². The molecule has 0 radical (unpaired) electrons. The zero-order chi connectivity index (χ0) is 15.8. The molecule has 0 amide bonds. The molecule has 2 N–H and O–H groups in total. The van der Waals surface area contributed by atoms with Crippen LogP contribution in [0.3, 0.4) is 0 Å². The van der Waals surface area contributed by atoms with Gasteiger partial charge in [-0.3, -0.25) is 0 Å². The summed E-state index contributed by atoms with van der Waals surface area (Å²) in [6.07, 6.45) is 0.807. The summed E-state index contributed by atoms with van der Waals surface area (Å²) in [7, 11) is 0. The van der Waals surface area contributed by atoms with Crippen LogP contribution in [0.4, 0.5) is 5.69 Å². The number of ether oxygens (including phenoxy) is 3. The Labute approximate surface area is 131 Å². The van der Waals surface area contributed by atoms with Crippen LogP contribution >= 0.6 is 0 Å². The minimum absolute atomic E-state index is 0.599. The topological polar surface area (TPSA) is 53.7 Å². The minimum atomic E-state index is 0.599. The zero-order valence-corrected chi connectivity index (χ0v) is 13.2. The molecule has 0 spiro atoms. The quantitative estimate of drug-likeness (QED) is 0.595. The van der Waals surface area contributed by atoms with Gasteiger partial charge >= 0.3 is 0 Å². The molecule has 0 aliphatic rings. The van der Waals surface area contributed by atoms with Crippen molar-refractivity contribution in [3.05, 3.63) is 48.0 Å². The van der Waals surface area contributed by atoms with E-state index < -0.39 is 0 Å². The second-order valence-corrected chi connectivity index (χ2v) is 4.98. The Balaban J connectivity index is 1.69. The van der Waals surface area contributed by atoms with Gasteiger partial charge in [0.05, 0.1) is 19.8 Å². The van der Waals surface area contributed by atoms with Gasteiger partial charge in [0.1, 0.15) is 17.2 Å². The van der Waals surface area contributed by atoms with Gasteiger partial charge in [-0.05, 0) is 49.7 Å². The van der Waals surface area contributed by atoms with Crippen LogP contribution in [-0.2, 0) is 0 Å². The van der Waals surface area contributed by atoms with Crippen LogP contribution in [0.5, 0.6) is 17.2 Å². The highest BCUT2D eigenvalue weighted by Crippen LogP contribution is 2.21. The van der Waals surface area contributed by atoms with Crippen LogP contribution in [0.2, 0.25) is 0 Å². The van der Waals surface area contributed by atoms with E-state index in [2.05, 4.69) is 0 Å². The fourth-order valence-corrected chi connectivity index (χ4v) is 2.00. The Morgan fingerprint density at radius 3 is 2.18 bits per heavy atom. The molecule has 2 aromatic rings. The van der Waals surface area contributed by atoms with Crippen LogP contribution < -0.4 is 19.9 Å². The highest BCUT2D eigenvalue weighted by atomic mass is 16.5. The third-order valence-corrected chi connectivity index (χ3v) is 3.16. The van der Waals surface area contributed by atoms with E-state index in [1.165, 1.54) is 0 Å². The Bertz CT molecular complexity index is 581. The molecule has 4 nitrogen and oxygen atoms in total. The molecule has 0 unspecified atom stereocenters. The number of benzene rings is 2. The van der Waals surface area contributed by atoms with E-state index in [0.29, 0.717) is 25.5 Å². The van der Waals surface area contributed by atoms with Crippen molar-refractivity contribution >= 4 is 5.69 Å². The van der Waals surface area contributed by atoms with E-state index in [9.17, 15) is 0 Å². The van der Waals surface area contributed by atoms with Crippen molar-refractivity contribution in [2.75, 3.05) is 25.6 Å². The summed E-state index contributed by atoms with van der Waals surface area (Å²) in [4.78, 5) is 0. The van der Waals surface area contributed by atoms with Crippen LogP contribution in [0.15, 0.2) is 42.5 Å². The Hall–Kier alpha value is -2.36. The normalized spacial score (nSPS) is 10.3. The van der Waals surface area contributed by atoms with Crippen molar-refractivity contribution in [1.82, 2.24) is 0 Å². The van der Waals surface area contributed by atoms with E-state index in [4.69, 9.17) is 19.9 Å². The molecule has 2 aromatic carbocycles. The van der Waals surface area contributed by atoms with Crippen molar-refractivity contribution in [2.45, 2.75) is 20.3 Å². The molecule has 2 rings (SSSR count). The van der Waals surface area contributed by atoms with Crippen molar-refractivity contribution in [3.8, 4) is 17.2 Å². The summed E-state index contributed by atoms with van der Waals surface area (Å²) in [5.74, 6) is 2.53. The average molecular weight is 301 g/mol. The predicted octanol–water partition coefficient (Wildman–Crippen LogP) is 3.82. The lowest BCUT2D eigenvalue weighted by molar-refractivity contribution is 0.246. The first-order chi connectivity index (χ1) is 10.7. The van der Waals surface area contributed by atoms with Crippen LogP contribution in [0.1, 0.15) is 18.9 Å². The molecule has 0 atom stereocenters. The summed E-state index contributed by atoms with van der Waals surface area (Å²) in [6.45, 7) is 5.84. The third-order valence-electron chi connectivity index (χ3n) is 3.16. The molecule has 0 fully saturated rings. The van der Waals surface area contributed by atoms with Gasteiger partial charge < -0.3 is 19.9 Å². The molecule has 22 heavy (non-hydrogen) atoms. The minimum Gasteiger partial charge on any atom is -0.494 e. The molecule has 0 aliphatic carbocycles. The highest BCUT2D eigenvalue weighted by Gasteiger charge is 2.00. The Kier molecular flexibility index (Phi) is 5.95. The summed E-state index contributed by atoms with van der Waals surface area (Å²) in [5.41, 5.74) is 7.55. The first-order valence-corrected chi connectivity index (χ1v) is 7.53. The van der Waals surface area contributed by atoms with Gasteiger partial charge in [0.2, 0.25) is 0 Å². The second-order valence-electron chi connectivity index (χ2n) is 4.98. The summed E-state index contributed by atoms with van der Waals surface area (Å²) >= 11 is 0. The van der Waals surface area contributed by atoms with Crippen LogP contribution in [-0.4, -0.2) is 19.8 Å². The summed E-state index contributed by atoms with van der Waals surface area (Å²) < 4.78 is 16.8. The number of nitrogen functional groups attached to an aromatic ring is 1. The fraction of sp³-hybridized carbons (Fsp3) is 0.333. The van der Waals surface area contributed by atoms with Gasteiger partial charge in [-0.25, -0.2) is 0 Å². The SMILES string of the molecule is CCOc1ccc(OCCCOc2cc(N)ccc2C)cc1. The van der Waals surface area contributed by atoms with Crippen LogP contribution in [0, 0.1) is 6.92 Å². The van der Waals surface area contributed by atoms with E-state index in [1.54, 1.807) is 0 Å². The molecule has 0 aromatic heterocycles. The molecule has 4 heteroatoms. The van der Waals surface area contributed by atoms with Crippen molar-refractivity contribution in [2.24, 2.45) is 0 Å². The Morgan fingerprint density at radius 2 is 1.50 bits per heavy atom. The van der Waals surface area contributed by atoms with Gasteiger partial charge in [0, 0.05) is 18.2 Å². The number of anilines is 1. The number of rotatable bonds is 8. The van der Waals surface area contributed by atoms with Crippen molar-refractivity contribution in [3.63, 3.8) is 0 Å². The van der Waals surface area contributed by atoms with Gasteiger partial charge in [0.15, 0.2) is 0 Å². The highest BCUT2D eigenvalue weighted by molar-refractivity contribution is 5.47. The number of nitrogens with two attached hydrogens (primary N) is 1. The lowest BCUT2D eigenvalue weighted by Gasteiger charge is -2.11. The summed E-state index contributed by atoms with van der Waals surface area (Å²) in [6, 6.07) is 13.3. The first-order valence-electron chi connectivity index (χ1n) is 7.53. The third kappa shape index (κ3) is 4.88. The maximum atomic E-state index is 5.75. The lowest BCUT2D eigenvalue weighted by Crippen LogP contribution is -2.06. The molecule has 118 valence electrons.